The van der Waals surface area contributed by atoms with Crippen molar-refractivity contribution in [1.29, 1.82) is 0 Å². The van der Waals surface area contributed by atoms with Gasteiger partial charge in [0.2, 0.25) is 0 Å². The fourth-order valence-corrected chi connectivity index (χ4v) is 1.41. The fraction of sp³-hybridized carbons (Fsp3) is 0.125. The molecule has 0 aliphatic heterocycles. The van der Waals surface area contributed by atoms with Crippen molar-refractivity contribution >= 4 is 44.9 Å². The largest absolute Gasteiger partial charge is 0.291 e. The Morgan fingerprint density at radius 2 is 2.08 bits per heavy atom. The molecule has 0 aliphatic rings. The summed E-state index contributed by atoms with van der Waals surface area (Å²) >= 11 is 13.7. The monoisotopic (exact) mass is 284 g/mol. The van der Waals surface area contributed by atoms with Gasteiger partial charge in [-0.05, 0) is 34.1 Å². The third-order valence-electron chi connectivity index (χ3n) is 1.40. The lowest BCUT2D eigenvalue weighted by molar-refractivity contribution is 0.101. The van der Waals surface area contributed by atoms with Crippen LogP contribution in [0.25, 0.3) is 0 Å². The first-order valence-corrected chi connectivity index (χ1v) is 4.96. The quantitative estimate of drug-likeness (QED) is 0.600. The first kappa shape index (κ1) is 11.0. The van der Waals surface area contributed by atoms with Crippen molar-refractivity contribution in [3.8, 4) is 0 Å². The highest BCUT2D eigenvalue weighted by molar-refractivity contribution is 9.10. The Kier molecular flexibility index (Phi) is 3.71. The molecule has 13 heavy (non-hydrogen) atoms. The summed E-state index contributed by atoms with van der Waals surface area (Å²) in [5, 5.41) is 0. The first-order chi connectivity index (χ1) is 6.02. The van der Waals surface area contributed by atoms with E-state index < -0.39 is 16.4 Å². The van der Waals surface area contributed by atoms with Crippen LogP contribution in [0.1, 0.15) is 10.4 Å². The molecule has 0 atom stereocenters. The van der Waals surface area contributed by atoms with Crippen molar-refractivity contribution in [3.05, 3.63) is 34.1 Å². The van der Waals surface area contributed by atoms with Gasteiger partial charge in [0.05, 0.1) is 4.47 Å². The van der Waals surface area contributed by atoms with Gasteiger partial charge in [0, 0.05) is 5.56 Å². The molecule has 0 saturated carbocycles. The normalized spacial score (nSPS) is 10.5. The van der Waals surface area contributed by atoms with Gasteiger partial charge in [-0.2, -0.15) is 0 Å². The van der Waals surface area contributed by atoms with Gasteiger partial charge in [0.15, 0.2) is 10.6 Å². The first-order valence-electron chi connectivity index (χ1n) is 3.30. The zero-order valence-corrected chi connectivity index (χ0v) is 9.33. The predicted octanol–water partition coefficient (Wildman–Crippen LogP) is 3.57. The van der Waals surface area contributed by atoms with Crippen LogP contribution in [0.5, 0.6) is 0 Å². The second-order valence-electron chi connectivity index (χ2n) is 2.29. The molecule has 0 N–H and O–H groups in total. The molecule has 0 aromatic heterocycles. The molecular formula is C8H4BrCl2FO. The molecule has 0 fully saturated rings. The van der Waals surface area contributed by atoms with E-state index in [0.717, 1.165) is 0 Å². The Balaban J connectivity index is 3.04. The maximum absolute atomic E-state index is 12.7. The minimum absolute atomic E-state index is 0.215. The SMILES string of the molecule is O=C(c1ccc(F)c(Br)c1)C(Cl)Cl. The van der Waals surface area contributed by atoms with Crippen molar-refractivity contribution in [3.63, 3.8) is 0 Å². The molecule has 5 heteroatoms. The van der Waals surface area contributed by atoms with Gasteiger partial charge in [0.25, 0.3) is 0 Å². The summed E-state index contributed by atoms with van der Waals surface area (Å²) in [6.07, 6.45) is 0. The number of carbonyl (C=O) groups is 1. The summed E-state index contributed by atoms with van der Waals surface area (Å²) in [7, 11) is 0. The van der Waals surface area contributed by atoms with Gasteiger partial charge in [-0.3, -0.25) is 4.79 Å². The van der Waals surface area contributed by atoms with Crippen LogP contribution in [0.4, 0.5) is 4.39 Å². The molecule has 1 aromatic carbocycles. The van der Waals surface area contributed by atoms with Crippen molar-refractivity contribution in [2.75, 3.05) is 0 Å². The molecule has 70 valence electrons. The minimum Gasteiger partial charge on any atom is -0.291 e. The van der Waals surface area contributed by atoms with Crippen LogP contribution >= 0.6 is 39.1 Å². The van der Waals surface area contributed by atoms with Crippen LogP contribution < -0.4 is 0 Å². The second-order valence-corrected chi connectivity index (χ2v) is 4.24. The van der Waals surface area contributed by atoms with Crippen molar-refractivity contribution in [2.45, 2.75) is 4.84 Å². The maximum Gasteiger partial charge on any atom is 0.195 e. The number of halogens is 4. The maximum atomic E-state index is 12.7. The third kappa shape index (κ3) is 2.66. The van der Waals surface area contributed by atoms with E-state index in [1.807, 2.05) is 0 Å². The molecule has 0 bridgehead atoms. The van der Waals surface area contributed by atoms with E-state index in [0.29, 0.717) is 0 Å². The van der Waals surface area contributed by atoms with E-state index in [9.17, 15) is 9.18 Å². The van der Waals surface area contributed by atoms with Crippen LogP contribution in [0.2, 0.25) is 0 Å². The molecule has 0 amide bonds. The Bertz CT molecular complexity index is 341. The predicted molar refractivity (Wildman–Crippen MR) is 53.9 cm³/mol. The molecule has 1 aromatic rings. The van der Waals surface area contributed by atoms with E-state index in [2.05, 4.69) is 15.9 Å². The average molecular weight is 286 g/mol. The minimum atomic E-state index is -1.11. The zero-order chi connectivity index (χ0) is 10.0. The summed E-state index contributed by atoms with van der Waals surface area (Å²) in [4.78, 5) is 10.1. The molecule has 1 rings (SSSR count). The van der Waals surface area contributed by atoms with Gasteiger partial charge >= 0.3 is 0 Å². The summed E-state index contributed by atoms with van der Waals surface area (Å²) < 4.78 is 13.0. The summed E-state index contributed by atoms with van der Waals surface area (Å²) in [5.74, 6) is -0.874. The number of benzene rings is 1. The molecule has 0 aliphatic carbocycles. The van der Waals surface area contributed by atoms with Gasteiger partial charge in [-0.15, -0.1) is 0 Å². The van der Waals surface area contributed by atoms with Gasteiger partial charge < -0.3 is 0 Å². The van der Waals surface area contributed by atoms with Gasteiger partial charge in [-0.25, -0.2) is 4.39 Å². The Morgan fingerprint density at radius 1 is 1.46 bits per heavy atom. The van der Waals surface area contributed by atoms with E-state index in [1.54, 1.807) is 0 Å². The summed E-state index contributed by atoms with van der Waals surface area (Å²) in [6.45, 7) is 0. The van der Waals surface area contributed by atoms with E-state index in [4.69, 9.17) is 23.2 Å². The number of carbonyl (C=O) groups excluding carboxylic acids is 1. The van der Waals surface area contributed by atoms with E-state index in [-0.39, 0.29) is 10.0 Å². The molecule has 1 nitrogen and oxygen atoms in total. The number of hydrogen-bond acceptors (Lipinski definition) is 1. The third-order valence-corrected chi connectivity index (χ3v) is 2.41. The van der Waals surface area contributed by atoms with Gasteiger partial charge in [-0.1, -0.05) is 23.2 Å². The molecule has 0 saturated heterocycles. The lowest BCUT2D eigenvalue weighted by atomic mass is 10.1. The Labute approximate surface area is 93.0 Å². The molecule has 0 heterocycles. The lowest BCUT2D eigenvalue weighted by Crippen LogP contribution is -2.07. The highest BCUT2D eigenvalue weighted by Crippen LogP contribution is 2.19. The van der Waals surface area contributed by atoms with Crippen LogP contribution in [-0.4, -0.2) is 10.6 Å². The Morgan fingerprint density at radius 3 is 2.54 bits per heavy atom. The smallest absolute Gasteiger partial charge is 0.195 e. The highest BCUT2D eigenvalue weighted by atomic mass is 79.9. The Hall–Kier alpha value is -0.120. The van der Waals surface area contributed by atoms with E-state index in [1.165, 1.54) is 18.2 Å². The summed E-state index contributed by atoms with van der Waals surface area (Å²) in [5.41, 5.74) is 0.281. The standard InChI is InChI=1S/C8H4BrCl2FO/c9-5-3-4(1-2-6(5)12)7(13)8(10)11/h1-3,8H. The zero-order valence-electron chi connectivity index (χ0n) is 6.23. The van der Waals surface area contributed by atoms with Crippen molar-refractivity contribution in [1.82, 2.24) is 0 Å². The van der Waals surface area contributed by atoms with Crippen LogP contribution in [0.3, 0.4) is 0 Å². The van der Waals surface area contributed by atoms with Gasteiger partial charge in [0.1, 0.15) is 5.82 Å². The number of Topliss-reactive ketones (excluding diaryl/α,β-unsaturated/α-hetero) is 1. The average Bonchev–Trinajstić information content (AvgIpc) is 2.08. The molecular weight excluding hydrogens is 282 g/mol. The van der Waals surface area contributed by atoms with E-state index >= 15 is 0 Å². The van der Waals surface area contributed by atoms with Crippen molar-refractivity contribution < 1.29 is 9.18 Å². The van der Waals surface area contributed by atoms with Crippen LogP contribution in [0, 0.1) is 5.82 Å². The molecule has 0 radical (unpaired) electrons. The molecule has 0 spiro atoms. The number of ketones is 1. The number of alkyl halides is 2. The number of rotatable bonds is 2. The fourth-order valence-electron chi connectivity index (χ4n) is 0.775. The highest BCUT2D eigenvalue weighted by Gasteiger charge is 2.15. The van der Waals surface area contributed by atoms with Crippen molar-refractivity contribution in [2.24, 2.45) is 0 Å². The summed E-state index contributed by atoms with van der Waals surface area (Å²) in [6, 6.07) is 3.85. The number of hydrogen-bond donors (Lipinski definition) is 0. The molecule has 0 unspecified atom stereocenters. The lowest BCUT2D eigenvalue weighted by Gasteiger charge is -2.01. The van der Waals surface area contributed by atoms with Crippen LogP contribution in [0.15, 0.2) is 22.7 Å². The topological polar surface area (TPSA) is 17.1 Å². The van der Waals surface area contributed by atoms with Crippen LogP contribution in [-0.2, 0) is 0 Å². The second kappa shape index (κ2) is 4.40.